The Balaban J connectivity index is 3.59. The molecule has 0 aromatic rings. The van der Waals surface area contributed by atoms with Crippen molar-refractivity contribution in [1.29, 1.82) is 0 Å². The average Bonchev–Trinajstić information content (AvgIpc) is 3.22. The van der Waals surface area contributed by atoms with Crippen LogP contribution in [0.3, 0.4) is 0 Å². The monoisotopic (exact) mass is 814 g/mol. The first-order valence-electron chi connectivity index (χ1n) is 24.9. The molecule has 0 heterocycles. The number of unbranched alkanes of at least 4 members (excludes halogenated alkanes) is 29. The van der Waals surface area contributed by atoms with Crippen molar-refractivity contribution in [2.75, 3.05) is 13.2 Å². The molecule has 0 spiro atoms. The molecule has 58 heavy (non-hydrogen) atoms. The maximum Gasteiger partial charge on any atom is 0.305 e. The first-order chi connectivity index (χ1) is 28.5. The van der Waals surface area contributed by atoms with Crippen LogP contribution < -0.4 is 5.32 Å². The fourth-order valence-corrected chi connectivity index (χ4v) is 7.19. The summed E-state index contributed by atoms with van der Waals surface area (Å²) < 4.78 is 5.41. The predicted octanol–water partition coefficient (Wildman–Crippen LogP) is 14.7. The second-order valence-corrected chi connectivity index (χ2v) is 16.8. The summed E-state index contributed by atoms with van der Waals surface area (Å²) in [6.45, 7) is 4.79. The molecule has 338 valence electrons. The standard InChI is InChI=1S/C52H95NO5/c1-3-5-7-9-11-13-15-16-18-21-25-28-32-36-40-44-50(55)49(48-54)53-51(56)45-41-37-33-29-26-22-19-17-20-23-27-31-35-39-43-47-58-52(57)46-42-38-34-30-24-14-12-10-8-6-4-2/h10,12,17,20,23,27,40,44,49-50,54-55H,3-9,11,13-16,18-19,21-22,24-26,28-39,41-43,45-48H2,1-2H3,(H,53,56)/b12-10-,20-17-,27-23-,44-40+. The van der Waals surface area contributed by atoms with Crippen molar-refractivity contribution in [3.8, 4) is 0 Å². The third-order valence-electron chi connectivity index (χ3n) is 11.1. The number of nitrogens with one attached hydrogen (secondary N) is 1. The van der Waals surface area contributed by atoms with E-state index in [0.717, 1.165) is 77.0 Å². The number of carbonyl (C=O) groups is 2. The highest BCUT2D eigenvalue weighted by Crippen LogP contribution is 2.14. The van der Waals surface area contributed by atoms with E-state index in [0.29, 0.717) is 19.4 Å². The van der Waals surface area contributed by atoms with Crippen molar-refractivity contribution in [3.05, 3.63) is 48.6 Å². The zero-order chi connectivity index (χ0) is 42.3. The van der Waals surface area contributed by atoms with Crippen LogP contribution in [-0.2, 0) is 14.3 Å². The van der Waals surface area contributed by atoms with Crippen molar-refractivity contribution >= 4 is 11.9 Å². The number of rotatable bonds is 45. The molecule has 0 rings (SSSR count). The predicted molar refractivity (Wildman–Crippen MR) is 250 cm³/mol. The van der Waals surface area contributed by atoms with Crippen LogP contribution in [0.5, 0.6) is 0 Å². The highest BCUT2D eigenvalue weighted by Gasteiger charge is 2.18. The quantitative estimate of drug-likeness (QED) is 0.0246. The first kappa shape index (κ1) is 55.8. The summed E-state index contributed by atoms with van der Waals surface area (Å²) in [4.78, 5) is 24.4. The van der Waals surface area contributed by atoms with Crippen LogP contribution in [0.1, 0.15) is 245 Å². The maximum atomic E-state index is 12.4. The highest BCUT2D eigenvalue weighted by molar-refractivity contribution is 5.76. The number of hydrogen-bond donors (Lipinski definition) is 3. The van der Waals surface area contributed by atoms with Crippen molar-refractivity contribution < 1.29 is 24.5 Å². The van der Waals surface area contributed by atoms with Crippen LogP contribution in [-0.4, -0.2) is 47.4 Å². The Labute approximate surface area is 359 Å². The summed E-state index contributed by atoms with van der Waals surface area (Å²) in [5.74, 6) is -0.127. The molecule has 0 aliphatic rings. The van der Waals surface area contributed by atoms with Crippen LogP contribution in [0.25, 0.3) is 0 Å². The molecular weight excluding hydrogens is 719 g/mol. The van der Waals surface area contributed by atoms with Crippen molar-refractivity contribution in [3.63, 3.8) is 0 Å². The molecule has 3 N–H and O–H groups in total. The summed E-state index contributed by atoms with van der Waals surface area (Å²) in [6.07, 6.45) is 58.2. The van der Waals surface area contributed by atoms with E-state index in [-0.39, 0.29) is 18.5 Å². The molecule has 6 nitrogen and oxygen atoms in total. The lowest BCUT2D eigenvalue weighted by molar-refractivity contribution is -0.143. The molecule has 0 saturated heterocycles. The Morgan fingerprint density at radius 3 is 1.38 bits per heavy atom. The number of aliphatic hydroxyl groups excluding tert-OH is 2. The van der Waals surface area contributed by atoms with Gasteiger partial charge in [0.1, 0.15) is 0 Å². The van der Waals surface area contributed by atoms with Crippen LogP contribution in [0, 0.1) is 0 Å². The van der Waals surface area contributed by atoms with Crippen LogP contribution in [0.4, 0.5) is 0 Å². The summed E-state index contributed by atoms with van der Waals surface area (Å²) in [5.41, 5.74) is 0. The summed E-state index contributed by atoms with van der Waals surface area (Å²) >= 11 is 0. The second-order valence-electron chi connectivity index (χ2n) is 16.8. The fourth-order valence-electron chi connectivity index (χ4n) is 7.19. The van der Waals surface area contributed by atoms with E-state index in [9.17, 15) is 19.8 Å². The maximum absolute atomic E-state index is 12.4. The van der Waals surface area contributed by atoms with Gasteiger partial charge in [0.2, 0.25) is 5.91 Å². The van der Waals surface area contributed by atoms with Crippen LogP contribution in [0.2, 0.25) is 0 Å². The van der Waals surface area contributed by atoms with Gasteiger partial charge >= 0.3 is 5.97 Å². The zero-order valence-corrected chi connectivity index (χ0v) is 38.3. The number of esters is 1. The SMILES string of the molecule is CCCC/C=C\CCCCCCCC(=O)OCCCCC/C=C\C=C/CCCCCCCCC(=O)NC(CO)C(O)/C=C/CCCCCCCCCCCCCCC. The van der Waals surface area contributed by atoms with Gasteiger partial charge in [-0.2, -0.15) is 0 Å². The fraction of sp³-hybridized carbons (Fsp3) is 0.808. The van der Waals surface area contributed by atoms with Gasteiger partial charge in [0.25, 0.3) is 0 Å². The molecule has 0 saturated carbocycles. The number of allylic oxidation sites excluding steroid dienone is 7. The van der Waals surface area contributed by atoms with Gasteiger partial charge < -0.3 is 20.3 Å². The highest BCUT2D eigenvalue weighted by atomic mass is 16.5. The molecule has 0 fully saturated rings. The van der Waals surface area contributed by atoms with E-state index >= 15 is 0 Å². The number of hydrogen-bond acceptors (Lipinski definition) is 5. The minimum Gasteiger partial charge on any atom is -0.466 e. The van der Waals surface area contributed by atoms with E-state index < -0.39 is 12.1 Å². The molecule has 0 aromatic carbocycles. The van der Waals surface area contributed by atoms with E-state index in [1.165, 1.54) is 141 Å². The average molecular weight is 814 g/mol. The topological polar surface area (TPSA) is 95.9 Å². The molecule has 0 bridgehead atoms. The Hall–Kier alpha value is -2.18. The third-order valence-corrected chi connectivity index (χ3v) is 11.1. The molecule has 0 radical (unpaired) electrons. The lowest BCUT2D eigenvalue weighted by Gasteiger charge is -2.20. The minimum absolute atomic E-state index is 0.0350. The van der Waals surface area contributed by atoms with Gasteiger partial charge in [0.15, 0.2) is 0 Å². The van der Waals surface area contributed by atoms with Gasteiger partial charge in [-0.25, -0.2) is 0 Å². The summed E-state index contributed by atoms with van der Waals surface area (Å²) in [5, 5.41) is 23.0. The van der Waals surface area contributed by atoms with Crippen LogP contribution in [0.15, 0.2) is 48.6 Å². The number of amides is 1. The van der Waals surface area contributed by atoms with E-state index in [2.05, 4.69) is 55.6 Å². The Bertz CT molecular complexity index is 988. The van der Waals surface area contributed by atoms with Gasteiger partial charge in [-0.15, -0.1) is 0 Å². The normalized spacial score (nSPS) is 13.1. The minimum atomic E-state index is -0.859. The van der Waals surface area contributed by atoms with Gasteiger partial charge in [0, 0.05) is 12.8 Å². The molecule has 0 aromatic heterocycles. The van der Waals surface area contributed by atoms with Gasteiger partial charge in [-0.1, -0.05) is 197 Å². The van der Waals surface area contributed by atoms with E-state index in [1.807, 2.05) is 6.08 Å². The Morgan fingerprint density at radius 2 is 0.879 bits per heavy atom. The number of ether oxygens (including phenoxy) is 1. The lowest BCUT2D eigenvalue weighted by Crippen LogP contribution is -2.45. The van der Waals surface area contributed by atoms with Crippen molar-refractivity contribution in [2.45, 2.75) is 257 Å². The van der Waals surface area contributed by atoms with Gasteiger partial charge in [0.05, 0.1) is 25.4 Å². The Kier molecular flexibility index (Phi) is 45.7. The molecule has 0 aliphatic heterocycles. The van der Waals surface area contributed by atoms with Gasteiger partial charge in [-0.3, -0.25) is 9.59 Å². The zero-order valence-electron chi connectivity index (χ0n) is 38.3. The Morgan fingerprint density at radius 1 is 0.483 bits per heavy atom. The molecule has 6 heteroatoms. The summed E-state index contributed by atoms with van der Waals surface area (Å²) in [7, 11) is 0. The smallest absolute Gasteiger partial charge is 0.305 e. The van der Waals surface area contributed by atoms with E-state index in [1.54, 1.807) is 6.08 Å². The molecule has 0 aliphatic carbocycles. The van der Waals surface area contributed by atoms with Crippen molar-refractivity contribution in [1.82, 2.24) is 5.32 Å². The first-order valence-corrected chi connectivity index (χ1v) is 24.9. The lowest BCUT2D eigenvalue weighted by atomic mass is 10.0. The molecule has 1 amide bonds. The van der Waals surface area contributed by atoms with Gasteiger partial charge in [-0.05, 0) is 83.5 Å². The van der Waals surface area contributed by atoms with Crippen LogP contribution >= 0.6 is 0 Å². The third kappa shape index (κ3) is 43.4. The van der Waals surface area contributed by atoms with E-state index in [4.69, 9.17) is 4.74 Å². The molecular formula is C52H95NO5. The van der Waals surface area contributed by atoms with Crippen molar-refractivity contribution in [2.24, 2.45) is 0 Å². The number of aliphatic hydroxyl groups is 2. The number of carbonyl (C=O) groups excluding carboxylic acids is 2. The largest absolute Gasteiger partial charge is 0.466 e. The summed E-state index contributed by atoms with van der Waals surface area (Å²) in [6, 6.07) is -0.645. The molecule has 2 atom stereocenters. The molecule has 2 unspecified atom stereocenters. The second kappa shape index (κ2) is 47.5.